The third kappa shape index (κ3) is 5.14. The summed E-state index contributed by atoms with van der Waals surface area (Å²) in [5, 5.41) is 3.17. The van der Waals surface area contributed by atoms with Crippen LogP contribution < -0.4 is 5.32 Å². The van der Waals surface area contributed by atoms with Crippen LogP contribution in [0.2, 0.25) is 0 Å². The largest absolute Gasteiger partial charge is 0.356 e. The second-order valence-electron chi connectivity index (χ2n) is 7.59. The number of carbonyl (C=O) groups excluding carboxylic acids is 1. The Bertz CT molecular complexity index is 762. The average molecular weight is 386 g/mol. The molecule has 0 aromatic heterocycles. The van der Waals surface area contributed by atoms with Gasteiger partial charge in [0.25, 0.3) is 0 Å². The minimum Gasteiger partial charge on any atom is -0.356 e. The lowest BCUT2D eigenvalue weighted by Gasteiger charge is -2.35. The predicted octanol–water partition coefficient (Wildman–Crippen LogP) is 6.11. The minimum atomic E-state index is -0.517. The molecule has 0 atom stereocenters. The van der Waals surface area contributed by atoms with E-state index in [0.29, 0.717) is 6.42 Å². The van der Waals surface area contributed by atoms with Gasteiger partial charge in [0.1, 0.15) is 0 Å². The first-order valence-corrected chi connectivity index (χ1v) is 10.7. The summed E-state index contributed by atoms with van der Waals surface area (Å²) in [4.78, 5) is 13.1. The summed E-state index contributed by atoms with van der Waals surface area (Å²) < 4.78 is 0. The number of carbonyl (C=O) groups is 1. The van der Waals surface area contributed by atoms with Gasteiger partial charge < -0.3 is 5.32 Å². The van der Waals surface area contributed by atoms with Gasteiger partial charge in [-0.25, -0.2) is 0 Å². The van der Waals surface area contributed by atoms with E-state index >= 15 is 0 Å². The van der Waals surface area contributed by atoms with E-state index in [4.69, 9.17) is 0 Å². The van der Waals surface area contributed by atoms with Crippen molar-refractivity contribution < 1.29 is 4.79 Å². The first-order chi connectivity index (χ1) is 14.3. The smallest absolute Gasteiger partial charge is 0.221 e. The van der Waals surface area contributed by atoms with E-state index in [1.54, 1.807) is 0 Å². The van der Waals surface area contributed by atoms with Crippen LogP contribution in [0.5, 0.6) is 0 Å². The fraction of sp³-hybridized carbons (Fsp3) is 0.296. The van der Waals surface area contributed by atoms with Crippen molar-refractivity contribution in [1.82, 2.24) is 5.32 Å². The number of hydrogen-bond donors (Lipinski definition) is 1. The van der Waals surface area contributed by atoms with Crippen LogP contribution in [0.4, 0.5) is 0 Å². The summed E-state index contributed by atoms with van der Waals surface area (Å²) in [7, 11) is 0. The molecule has 3 rings (SSSR count). The molecule has 2 heteroatoms. The standard InChI is InChI=1S/C27H31NO/c1-2-3-4-14-21-28-26(29)22-27(23-15-8-5-9-16-23,24-17-10-6-11-18-24)25-19-12-7-13-20-25/h5-13,15-20H,2-4,14,21-22H2,1H3,(H,28,29). The van der Waals surface area contributed by atoms with E-state index in [0.717, 1.165) is 36.1 Å². The Morgan fingerprint density at radius 2 is 1.14 bits per heavy atom. The van der Waals surface area contributed by atoms with Gasteiger partial charge in [-0.15, -0.1) is 0 Å². The van der Waals surface area contributed by atoms with E-state index in [2.05, 4.69) is 85.0 Å². The summed E-state index contributed by atoms with van der Waals surface area (Å²) >= 11 is 0. The van der Waals surface area contributed by atoms with Gasteiger partial charge in [-0.2, -0.15) is 0 Å². The normalized spacial score (nSPS) is 11.2. The maximum atomic E-state index is 13.1. The van der Waals surface area contributed by atoms with Crippen LogP contribution in [0, 0.1) is 0 Å². The summed E-state index contributed by atoms with van der Waals surface area (Å²) in [6.07, 6.45) is 5.01. The zero-order valence-corrected chi connectivity index (χ0v) is 17.3. The van der Waals surface area contributed by atoms with Gasteiger partial charge >= 0.3 is 0 Å². The molecule has 0 saturated carbocycles. The van der Waals surface area contributed by atoms with Crippen molar-refractivity contribution in [2.45, 2.75) is 44.4 Å². The minimum absolute atomic E-state index is 0.0954. The number of unbranched alkanes of at least 4 members (excludes halogenated alkanes) is 3. The summed E-state index contributed by atoms with van der Waals surface area (Å²) in [6.45, 7) is 2.94. The second kappa shape index (κ2) is 10.6. The number of nitrogens with one attached hydrogen (secondary N) is 1. The van der Waals surface area contributed by atoms with E-state index in [9.17, 15) is 4.79 Å². The Morgan fingerprint density at radius 1 is 0.690 bits per heavy atom. The number of rotatable bonds is 10. The maximum absolute atomic E-state index is 13.1. The second-order valence-corrected chi connectivity index (χ2v) is 7.59. The van der Waals surface area contributed by atoms with Crippen LogP contribution in [0.25, 0.3) is 0 Å². The third-order valence-electron chi connectivity index (χ3n) is 5.58. The van der Waals surface area contributed by atoms with Crippen LogP contribution in [0.1, 0.15) is 55.7 Å². The topological polar surface area (TPSA) is 29.1 Å². The Balaban J connectivity index is 1.98. The van der Waals surface area contributed by atoms with Crippen LogP contribution in [0.3, 0.4) is 0 Å². The molecule has 0 aliphatic heterocycles. The number of hydrogen-bond acceptors (Lipinski definition) is 1. The number of benzene rings is 3. The van der Waals surface area contributed by atoms with Crippen LogP contribution >= 0.6 is 0 Å². The molecule has 1 N–H and O–H groups in total. The predicted molar refractivity (Wildman–Crippen MR) is 121 cm³/mol. The van der Waals surface area contributed by atoms with Gasteiger partial charge in [0.2, 0.25) is 5.91 Å². The molecule has 0 unspecified atom stereocenters. The lowest BCUT2D eigenvalue weighted by molar-refractivity contribution is -0.121. The Labute approximate surface area is 175 Å². The van der Waals surface area contributed by atoms with Gasteiger partial charge in [-0.3, -0.25) is 4.79 Å². The molecule has 2 nitrogen and oxygen atoms in total. The van der Waals surface area contributed by atoms with Crippen molar-refractivity contribution in [2.24, 2.45) is 0 Å². The zero-order valence-electron chi connectivity index (χ0n) is 17.3. The molecule has 1 amide bonds. The van der Waals surface area contributed by atoms with Crippen molar-refractivity contribution in [1.29, 1.82) is 0 Å². The lowest BCUT2D eigenvalue weighted by Crippen LogP contribution is -2.37. The van der Waals surface area contributed by atoms with Crippen molar-refractivity contribution >= 4 is 5.91 Å². The van der Waals surface area contributed by atoms with Gasteiger partial charge in [-0.1, -0.05) is 117 Å². The molecule has 0 saturated heterocycles. The summed E-state index contributed by atoms with van der Waals surface area (Å²) in [5.74, 6) is 0.0954. The average Bonchev–Trinajstić information content (AvgIpc) is 2.79. The third-order valence-corrected chi connectivity index (χ3v) is 5.58. The van der Waals surface area contributed by atoms with Crippen molar-refractivity contribution in [3.8, 4) is 0 Å². The molecule has 0 aliphatic carbocycles. The maximum Gasteiger partial charge on any atom is 0.221 e. The van der Waals surface area contributed by atoms with Crippen molar-refractivity contribution in [3.05, 3.63) is 108 Å². The monoisotopic (exact) mass is 385 g/mol. The molecule has 0 radical (unpaired) electrons. The summed E-state index contributed by atoms with van der Waals surface area (Å²) in [6, 6.07) is 31.2. The van der Waals surface area contributed by atoms with E-state index in [1.807, 2.05) is 18.2 Å². The van der Waals surface area contributed by atoms with Crippen molar-refractivity contribution in [2.75, 3.05) is 6.54 Å². The van der Waals surface area contributed by atoms with Crippen LogP contribution in [0.15, 0.2) is 91.0 Å². The lowest BCUT2D eigenvalue weighted by atomic mass is 9.67. The van der Waals surface area contributed by atoms with Gasteiger partial charge in [0.05, 0.1) is 5.41 Å². The van der Waals surface area contributed by atoms with Crippen LogP contribution in [-0.4, -0.2) is 12.5 Å². The molecule has 3 aromatic rings. The Hall–Kier alpha value is -2.87. The molecular formula is C27H31NO. The van der Waals surface area contributed by atoms with Crippen LogP contribution in [-0.2, 0) is 10.2 Å². The van der Waals surface area contributed by atoms with Gasteiger partial charge in [-0.05, 0) is 23.1 Å². The first kappa shape index (κ1) is 20.9. The first-order valence-electron chi connectivity index (χ1n) is 10.7. The van der Waals surface area contributed by atoms with E-state index < -0.39 is 5.41 Å². The van der Waals surface area contributed by atoms with Crippen molar-refractivity contribution in [3.63, 3.8) is 0 Å². The van der Waals surface area contributed by atoms with Gasteiger partial charge in [0.15, 0.2) is 0 Å². The summed E-state index contributed by atoms with van der Waals surface area (Å²) in [5.41, 5.74) is 2.90. The Morgan fingerprint density at radius 3 is 1.55 bits per heavy atom. The fourth-order valence-corrected chi connectivity index (χ4v) is 4.06. The quantitative estimate of drug-likeness (QED) is 0.331. The van der Waals surface area contributed by atoms with E-state index in [1.165, 1.54) is 12.8 Å². The highest BCUT2D eigenvalue weighted by Gasteiger charge is 2.38. The Kier molecular flexibility index (Phi) is 7.63. The molecule has 0 bridgehead atoms. The fourth-order valence-electron chi connectivity index (χ4n) is 4.06. The molecule has 29 heavy (non-hydrogen) atoms. The molecule has 0 spiro atoms. The van der Waals surface area contributed by atoms with E-state index in [-0.39, 0.29) is 5.91 Å². The molecule has 0 heterocycles. The van der Waals surface area contributed by atoms with Gasteiger partial charge in [0, 0.05) is 13.0 Å². The molecular weight excluding hydrogens is 354 g/mol. The number of amides is 1. The highest BCUT2D eigenvalue weighted by molar-refractivity contribution is 5.80. The zero-order chi connectivity index (χ0) is 20.4. The highest BCUT2D eigenvalue weighted by Crippen LogP contribution is 2.42. The SMILES string of the molecule is CCCCCCNC(=O)CC(c1ccccc1)(c1ccccc1)c1ccccc1. The highest BCUT2D eigenvalue weighted by atomic mass is 16.1. The molecule has 0 fully saturated rings. The molecule has 0 aliphatic rings. The molecule has 3 aromatic carbocycles. The molecule has 150 valence electrons.